The van der Waals surface area contributed by atoms with Crippen molar-refractivity contribution in [2.75, 3.05) is 12.4 Å². The van der Waals surface area contributed by atoms with Crippen LogP contribution in [-0.2, 0) is 16.8 Å². The van der Waals surface area contributed by atoms with Gasteiger partial charge >= 0.3 is 0 Å². The van der Waals surface area contributed by atoms with Gasteiger partial charge in [-0.1, -0.05) is 24.3 Å². The number of amides is 1. The Morgan fingerprint density at radius 1 is 1.22 bits per heavy atom. The van der Waals surface area contributed by atoms with E-state index < -0.39 is 5.41 Å². The van der Waals surface area contributed by atoms with E-state index in [0.717, 1.165) is 11.3 Å². The minimum Gasteiger partial charge on any atom is -0.497 e. The Kier molecular flexibility index (Phi) is 5.26. The molecule has 0 aliphatic rings. The minimum absolute atomic E-state index is 0.228. The number of hydrogen-bond acceptors (Lipinski definition) is 3. The molecule has 0 saturated carbocycles. The highest BCUT2D eigenvalue weighted by atomic mass is 19.1. The number of carbonyl (C=O) groups is 1. The number of anilines is 1. The van der Waals surface area contributed by atoms with Crippen molar-refractivity contribution in [3.05, 3.63) is 77.9 Å². The van der Waals surface area contributed by atoms with Crippen molar-refractivity contribution >= 4 is 11.6 Å². The van der Waals surface area contributed by atoms with Crippen molar-refractivity contribution in [1.82, 2.24) is 9.78 Å². The fourth-order valence-electron chi connectivity index (χ4n) is 2.77. The number of rotatable bonds is 6. The lowest BCUT2D eigenvalue weighted by Crippen LogP contribution is -2.34. The van der Waals surface area contributed by atoms with E-state index in [2.05, 4.69) is 10.4 Å². The standard InChI is InChI=1S/C21H22FN3O2/c1-21(2,16-7-5-8-17(22)11-16)20(26)24-18-12-23-25(14-18)13-15-6-4-9-19(10-15)27-3/h4-12,14H,13H2,1-3H3,(H,24,26). The molecule has 1 N–H and O–H groups in total. The van der Waals surface area contributed by atoms with Gasteiger partial charge in [-0.05, 0) is 49.2 Å². The zero-order valence-electron chi connectivity index (χ0n) is 15.6. The van der Waals surface area contributed by atoms with Gasteiger partial charge in [0.25, 0.3) is 0 Å². The van der Waals surface area contributed by atoms with E-state index in [1.807, 2.05) is 24.3 Å². The summed E-state index contributed by atoms with van der Waals surface area (Å²) in [5, 5.41) is 7.15. The Balaban J connectivity index is 1.70. The Hall–Kier alpha value is -3.15. The summed E-state index contributed by atoms with van der Waals surface area (Å²) in [5.41, 5.74) is 1.36. The summed E-state index contributed by atoms with van der Waals surface area (Å²) in [6, 6.07) is 13.8. The molecule has 0 aliphatic carbocycles. The lowest BCUT2D eigenvalue weighted by molar-refractivity contribution is -0.120. The Labute approximate surface area is 157 Å². The van der Waals surface area contributed by atoms with Gasteiger partial charge < -0.3 is 10.1 Å². The lowest BCUT2D eigenvalue weighted by Gasteiger charge is -2.23. The maximum absolute atomic E-state index is 13.5. The van der Waals surface area contributed by atoms with Crippen LogP contribution in [0.15, 0.2) is 60.9 Å². The van der Waals surface area contributed by atoms with Gasteiger partial charge in [0.05, 0.1) is 31.0 Å². The van der Waals surface area contributed by atoms with E-state index in [1.165, 1.54) is 12.1 Å². The molecule has 3 rings (SSSR count). The molecule has 1 heterocycles. The van der Waals surface area contributed by atoms with Gasteiger partial charge in [0.1, 0.15) is 11.6 Å². The summed E-state index contributed by atoms with van der Waals surface area (Å²) < 4.78 is 20.5. The van der Waals surface area contributed by atoms with Crippen LogP contribution >= 0.6 is 0 Å². The number of halogens is 1. The molecule has 0 unspecified atom stereocenters. The zero-order chi connectivity index (χ0) is 19.4. The molecule has 1 aromatic heterocycles. The Bertz CT molecular complexity index is 950. The average Bonchev–Trinajstić information content (AvgIpc) is 3.08. The van der Waals surface area contributed by atoms with Crippen molar-refractivity contribution < 1.29 is 13.9 Å². The first-order chi connectivity index (χ1) is 12.9. The highest BCUT2D eigenvalue weighted by Crippen LogP contribution is 2.25. The molecule has 27 heavy (non-hydrogen) atoms. The highest BCUT2D eigenvalue weighted by Gasteiger charge is 2.30. The number of methoxy groups -OCH3 is 1. The van der Waals surface area contributed by atoms with Gasteiger partial charge in [-0.25, -0.2) is 4.39 Å². The van der Waals surface area contributed by atoms with Gasteiger partial charge in [0.15, 0.2) is 0 Å². The number of nitrogens with zero attached hydrogens (tertiary/aromatic N) is 2. The molecule has 0 saturated heterocycles. The topological polar surface area (TPSA) is 56.1 Å². The van der Waals surface area contributed by atoms with Crippen molar-refractivity contribution in [3.8, 4) is 5.75 Å². The summed E-state index contributed by atoms with van der Waals surface area (Å²) >= 11 is 0. The van der Waals surface area contributed by atoms with Crippen LogP contribution in [0, 0.1) is 5.82 Å². The van der Waals surface area contributed by atoms with Crippen LogP contribution in [0.5, 0.6) is 5.75 Å². The van der Waals surface area contributed by atoms with Crippen LogP contribution in [0.25, 0.3) is 0 Å². The largest absolute Gasteiger partial charge is 0.497 e. The first-order valence-corrected chi connectivity index (χ1v) is 8.61. The maximum Gasteiger partial charge on any atom is 0.234 e. The van der Waals surface area contributed by atoms with Crippen LogP contribution in [0.1, 0.15) is 25.0 Å². The summed E-state index contributed by atoms with van der Waals surface area (Å²) in [7, 11) is 1.63. The van der Waals surface area contributed by atoms with Gasteiger partial charge in [-0.15, -0.1) is 0 Å². The number of hydrogen-bond donors (Lipinski definition) is 1. The molecule has 0 spiro atoms. The van der Waals surface area contributed by atoms with Crippen LogP contribution in [0.3, 0.4) is 0 Å². The molecule has 0 atom stereocenters. The zero-order valence-corrected chi connectivity index (χ0v) is 15.6. The van der Waals surface area contributed by atoms with Gasteiger partial charge in [-0.2, -0.15) is 5.10 Å². The van der Waals surface area contributed by atoms with E-state index in [-0.39, 0.29) is 11.7 Å². The minimum atomic E-state index is -0.878. The van der Waals surface area contributed by atoms with E-state index >= 15 is 0 Å². The molecule has 140 valence electrons. The molecule has 0 radical (unpaired) electrons. The summed E-state index contributed by atoms with van der Waals surface area (Å²) in [4.78, 5) is 12.7. The second-order valence-corrected chi connectivity index (χ2v) is 6.87. The lowest BCUT2D eigenvalue weighted by atomic mass is 9.83. The Morgan fingerprint density at radius 3 is 2.74 bits per heavy atom. The van der Waals surface area contributed by atoms with E-state index in [1.54, 1.807) is 50.2 Å². The van der Waals surface area contributed by atoms with Crippen molar-refractivity contribution in [3.63, 3.8) is 0 Å². The molecule has 5 nitrogen and oxygen atoms in total. The number of carbonyl (C=O) groups excluding carboxylic acids is 1. The molecule has 1 amide bonds. The second kappa shape index (κ2) is 7.61. The fraction of sp³-hybridized carbons (Fsp3) is 0.238. The third-order valence-electron chi connectivity index (χ3n) is 4.48. The fourth-order valence-corrected chi connectivity index (χ4v) is 2.77. The number of aromatic nitrogens is 2. The quantitative estimate of drug-likeness (QED) is 0.717. The van der Waals surface area contributed by atoms with E-state index in [9.17, 15) is 9.18 Å². The molecule has 0 fully saturated rings. The molecular weight excluding hydrogens is 345 g/mol. The van der Waals surface area contributed by atoms with Crippen LogP contribution in [0.4, 0.5) is 10.1 Å². The SMILES string of the molecule is COc1cccc(Cn2cc(NC(=O)C(C)(C)c3cccc(F)c3)cn2)c1. The summed E-state index contributed by atoms with van der Waals surface area (Å²) in [5.74, 6) is 0.193. The predicted octanol–water partition coefficient (Wildman–Crippen LogP) is 4.00. The van der Waals surface area contributed by atoms with Crippen LogP contribution in [-0.4, -0.2) is 22.8 Å². The average molecular weight is 367 g/mol. The molecular formula is C21H22FN3O2. The van der Waals surface area contributed by atoms with Gasteiger partial charge in [-0.3, -0.25) is 9.48 Å². The third kappa shape index (κ3) is 4.34. The number of ether oxygens (including phenoxy) is 1. The molecule has 2 aromatic carbocycles. The van der Waals surface area contributed by atoms with Gasteiger partial charge in [0, 0.05) is 6.20 Å². The number of nitrogens with one attached hydrogen (secondary N) is 1. The summed E-state index contributed by atoms with van der Waals surface area (Å²) in [6.07, 6.45) is 3.36. The third-order valence-corrected chi connectivity index (χ3v) is 4.48. The first-order valence-electron chi connectivity index (χ1n) is 8.61. The van der Waals surface area contributed by atoms with E-state index in [0.29, 0.717) is 17.8 Å². The summed E-state index contributed by atoms with van der Waals surface area (Å²) in [6.45, 7) is 4.08. The van der Waals surface area contributed by atoms with Crippen molar-refractivity contribution in [2.24, 2.45) is 0 Å². The predicted molar refractivity (Wildman–Crippen MR) is 102 cm³/mol. The van der Waals surface area contributed by atoms with Crippen molar-refractivity contribution in [2.45, 2.75) is 25.8 Å². The highest BCUT2D eigenvalue weighted by molar-refractivity contribution is 5.98. The van der Waals surface area contributed by atoms with Crippen molar-refractivity contribution in [1.29, 1.82) is 0 Å². The Morgan fingerprint density at radius 2 is 2.00 bits per heavy atom. The van der Waals surface area contributed by atoms with Crippen LogP contribution in [0.2, 0.25) is 0 Å². The molecule has 0 bridgehead atoms. The van der Waals surface area contributed by atoms with Crippen LogP contribution < -0.4 is 10.1 Å². The normalized spacial score (nSPS) is 11.3. The smallest absolute Gasteiger partial charge is 0.234 e. The monoisotopic (exact) mass is 367 g/mol. The second-order valence-electron chi connectivity index (χ2n) is 6.87. The molecule has 0 aliphatic heterocycles. The van der Waals surface area contributed by atoms with Gasteiger partial charge in [0.2, 0.25) is 5.91 Å². The van der Waals surface area contributed by atoms with E-state index in [4.69, 9.17) is 4.74 Å². The first kappa shape index (κ1) is 18.6. The molecule has 6 heteroatoms. The molecule has 3 aromatic rings. The number of benzene rings is 2. The maximum atomic E-state index is 13.5.